The van der Waals surface area contributed by atoms with Gasteiger partial charge in [-0.25, -0.2) is 0 Å². The molecule has 0 aliphatic rings. The number of phenolic OH excluding ortho intramolecular Hbond substituents is 2. The predicted molar refractivity (Wildman–Crippen MR) is 79.1 cm³/mol. The minimum atomic E-state index is -1.00. The number of quaternary nitrogens is 1. The maximum atomic E-state index is 10.3. The Morgan fingerprint density at radius 3 is 2.59 bits per heavy atom. The molecule has 1 aromatic rings. The molecule has 22 heavy (non-hydrogen) atoms. The largest absolute Gasteiger partial charge is 0.550 e. The van der Waals surface area contributed by atoms with Crippen LogP contribution in [0.1, 0.15) is 50.7 Å². The molecule has 6 nitrogen and oxygen atoms in total. The zero-order valence-corrected chi connectivity index (χ0v) is 12.9. The van der Waals surface area contributed by atoms with Gasteiger partial charge in [0.1, 0.15) is 12.6 Å². The number of hydrogen-bond donors (Lipinski definition) is 4. The van der Waals surface area contributed by atoms with Crippen LogP contribution >= 0.6 is 0 Å². The number of aliphatic hydroxyl groups excluding tert-OH is 1. The number of nitrogens with two attached hydrogens (primary N) is 1. The van der Waals surface area contributed by atoms with Crippen LogP contribution in [-0.2, 0) is 4.79 Å². The lowest BCUT2D eigenvalue weighted by atomic mass is 10.1. The Bertz CT molecular complexity index is 478. The number of benzene rings is 1. The third kappa shape index (κ3) is 6.78. The number of rotatable bonds is 10. The van der Waals surface area contributed by atoms with Crippen molar-refractivity contribution in [1.29, 1.82) is 0 Å². The Morgan fingerprint density at radius 1 is 1.23 bits per heavy atom. The van der Waals surface area contributed by atoms with Gasteiger partial charge >= 0.3 is 0 Å². The standard InChI is InChI=1S/C16H25NO5/c1-11(5-3-2-4-6-16(21)22)17-10-15(20)12-7-8-13(18)14(19)9-12/h7-9,11,15,17-20H,2-6,10H2,1H3,(H,21,22). The molecule has 2 unspecified atom stereocenters. The highest BCUT2D eigenvalue weighted by molar-refractivity contribution is 5.64. The van der Waals surface area contributed by atoms with Crippen molar-refractivity contribution >= 4 is 5.97 Å². The maximum Gasteiger partial charge on any atom is 0.157 e. The van der Waals surface area contributed by atoms with Gasteiger partial charge in [0.2, 0.25) is 0 Å². The van der Waals surface area contributed by atoms with Gasteiger partial charge in [-0.2, -0.15) is 0 Å². The van der Waals surface area contributed by atoms with Crippen molar-refractivity contribution < 1.29 is 30.5 Å². The molecule has 5 N–H and O–H groups in total. The van der Waals surface area contributed by atoms with E-state index in [1.165, 1.54) is 12.1 Å². The lowest BCUT2D eigenvalue weighted by Gasteiger charge is -2.15. The van der Waals surface area contributed by atoms with Crippen molar-refractivity contribution in [2.75, 3.05) is 6.54 Å². The molecule has 0 aliphatic heterocycles. The van der Waals surface area contributed by atoms with Crippen LogP contribution in [0.2, 0.25) is 0 Å². The number of aliphatic carboxylic acids is 1. The van der Waals surface area contributed by atoms with E-state index in [1.54, 1.807) is 6.07 Å². The fourth-order valence-corrected chi connectivity index (χ4v) is 2.28. The van der Waals surface area contributed by atoms with Crippen LogP contribution in [0.5, 0.6) is 11.5 Å². The SMILES string of the molecule is CC(CCCCCC(=O)[O-])[NH2+]CC(O)c1ccc(O)c(O)c1. The average Bonchev–Trinajstić information content (AvgIpc) is 2.47. The lowest BCUT2D eigenvalue weighted by molar-refractivity contribution is -0.693. The molecule has 1 aromatic carbocycles. The van der Waals surface area contributed by atoms with Gasteiger partial charge in [-0.1, -0.05) is 12.5 Å². The second-order valence-corrected chi connectivity index (χ2v) is 5.68. The normalized spacial score (nSPS) is 13.7. The molecule has 2 atom stereocenters. The summed E-state index contributed by atoms with van der Waals surface area (Å²) in [6.07, 6.45) is 2.79. The molecule has 0 saturated carbocycles. The highest BCUT2D eigenvalue weighted by atomic mass is 16.4. The number of carbonyl (C=O) groups is 1. The molecule has 0 saturated heterocycles. The van der Waals surface area contributed by atoms with Gasteiger partial charge in [-0.3, -0.25) is 0 Å². The molecule has 124 valence electrons. The van der Waals surface area contributed by atoms with Crippen LogP contribution in [0.15, 0.2) is 18.2 Å². The number of carbonyl (C=O) groups excluding carboxylic acids is 1. The summed E-state index contributed by atoms with van der Waals surface area (Å²) in [6, 6.07) is 4.62. The van der Waals surface area contributed by atoms with Crippen LogP contribution in [0.4, 0.5) is 0 Å². The van der Waals surface area contributed by atoms with Gasteiger partial charge in [0.15, 0.2) is 11.5 Å². The van der Waals surface area contributed by atoms with E-state index in [0.29, 0.717) is 24.6 Å². The first-order valence-corrected chi connectivity index (χ1v) is 7.63. The molecule has 1 rings (SSSR count). The molecule has 0 radical (unpaired) electrons. The summed E-state index contributed by atoms with van der Waals surface area (Å²) in [6.45, 7) is 2.52. The highest BCUT2D eigenvalue weighted by Crippen LogP contribution is 2.27. The predicted octanol–water partition coefficient (Wildman–Crippen LogP) is -0.216. The number of aliphatic hydroxyl groups is 1. The zero-order chi connectivity index (χ0) is 16.5. The number of carboxylic acid groups (broad SMARTS) is 1. The molecule has 0 spiro atoms. The lowest BCUT2D eigenvalue weighted by Crippen LogP contribution is -2.90. The Labute approximate surface area is 130 Å². The minimum absolute atomic E-state index is 0.112. The van der Waals surface area contributed by atoms with Crippen LogP contribution in [0, 0.1) is 0 Å². The van der Waals surface area contributed by atoms with E-state index in [9.17, 15) is 25.2 Å². The molecule has 0 heterocycles. The van der Waals surface area contributed by atoms with E-state index in [0.717, 1.165) is 19.3 Å². The van der Waals surface area contributed by atoms with Crippen molar-refractivity contribution in [2.45, 2.75) is 51.2 Å². The molecule has 0 fully saturated rings. The first kappa shape index (κ1) is 18.3. The highest BCUT2D eigenvalue weighted by Gasteiger charge is 2.14. The summed E-state index contributed by atoms with van der Waals surface area (Å²) < 4.78 is 0. The molecule has 0 amide bonds. The summed E-state index contributed by atoms with van der Waals surface area (Å²) in [5.41, 5.74) is 0.563. The molecule has 6 heteroatoms. The van der Waals surface area contributed by atoms with Crippen molar-refractivity contribution in [3.05, 3.63) is 23.8 Å². The molecule has 0 aromatic heterocycles. The Kier molecular flexibility index (Phi) is 7.70. The van der Waals surface area contributed by atoms with Crippen LogP contribution in [-0.4, -0.2) is 33.9 Å². The third-order valence-corrected chi connectivity index (χ3v) is 3.69. The van der Waals surface area contributed by atoms with Gasteiger partial charge in [0.05, 0.1) is 6.04 Å². The van der Waals surface area contributed by atoms with Gasteiger partial charge in [-0.15, -0.1) is 0 Å². The number of hydrogen-bond acceptors (Lipinski definition) is 5. The van der Waals surface area contributed by atoms with E-state index < -0.39 is 12.1 Å². The van der Waals surface area contributed by atoms with E-state index in [-0.39, 0.29) is 17.9 Å². The van der Waals surface area contributed by atoms with Crippen molar-refractivity contribution in [2.24, 2.45) is 0 Å². The van der Waals surface area contributed by atoms with E-state index in [4.69, 9.17) is 0 Å². The second-order valence-electron chi connectivity index (χ2n) is 5.68. The van der Waals surface area contributed by atoms with E-state index in [1.807, 2.05) is 5.32 Å². The first-order chi connectivity index (χ1) is 10.4. The average molecular weight is 311 g/mol. The van der Waals surface area contributed by atoms with Crippen LogP contribution in [0.3, 0.4) is 0 Å². The van der Waals surface area contributed by atoms with Crippen molar-refractivity contribution in [3.8, 4) is 11.5 Å². The Hall–Kier alpha value is -1.79. The quantitative estimate of drug-likeness (QED) is 0.352. The smallest absolute Gasteiger partial charge is 0.157 e. The maximum absolute atomic E-state index is 10.3. The number of unbranched alkanes of at least 4 members (excludes halogenated alkanes) is 2. The van der Waals surface area contributed by atoms with Gasteiger partial charge < -0.3 is 30.5 Å². The van der Waals surface area contributed by atoms with E-state index >= 15 is 0 Å². The fourth-order valence-electron chi connectivity index (χ4n) is 2.28. The molecule has 0 aliphatic carbocycles. The number of phenols is 2. The Morgan fingerprint density at radius 2 is 1.95 bits per heavy atom. The topological polar surface area (TPSA) is 117 Å². The molecule has 0 bridgehead atoms. The van der Waals surface area contributed by atoms with E-state index in [2.05, 4.69) is 6.92 Å². The summed E-state index contributed by atoms with van der Waals surface area (Å²) in [7, 11) is 0. The zero-order valence-electron chi connectivity index (χ0n) is 12.9. The number of aromatic hydroxyl groups is 2. The summed E-state index contributed by atoms with van der Waals surface area (Å²) in [5.74, 6) is -1.44. The van der Waals surface area contributed by atoms with Gasteiger partial charge in [0.25, 0.3) is 0 Å². The van der Waals surface area contributed by atoms with Gasteiger partial charge in [0, 0.05) is 5.97 Å². The second kappa shape index (κ2) is 9.27. The van der Waals surface area contributed by atoms with Gasteiger partial charge in [-0.05, 0) is 50.3 Å². The first-order valence-electron chi connectivity index (χ1n) is 7.63. The van der Waals surface area contributed by atoms with Crippen LogP contribution < -0.4 is 10.4 Å². The molecular formula is C16H25NO5. The van der Waals surface area contributed by atoms with Crippen LogP contribution in [0.25, 0.3) is 0 Å². The van der Waals surface area contributed by atoms with Crippen molar-refractivity contribution in [3.63, 3.8) is 0 Å². The summed E-state index contributed by atoms with van der Waals surface area (Å²) in [5, 5.41) is 41.0. The third-order valence-electron chi connectivity index (χ3n) is 3.69. The summed E-state index contributed by atoms with van der Waals surface area (Å²) in [4.78, 5) is 10.3. The minimum Gasteiger partial charge on any atom is -0.550 e. The summed E-state index contributed by atoms with van der Waals surface area (Å²) >= 11 is 0. The monoisotopic (exact) mass is 311 g/mol. The Balaban J connectivity index is 2.23. The fraction of sp³-hybridized carbons (Fsp3) is 0.562. The number of carboxylic acids is 1. The van der Waals surface area contributed by atoms with Crippen molar-refractivity contribution in [1.82, 2.24) is 0 Å². The molecular weight excluding hydrogens is 286 g/mol.